The Kier molecular flexibility index (Phi) is 14.9. The average molecular weight is 704 g/mol. The molecule has 0 fully saturated rings. The topological polar surface area (TPSA) is 158 Å². The van der Waals surface area contributed by atoms with Gasteiger partial charge in [-0.05, 0) is 65.0 Å². The second-order valence-corrected chi connectivity index (χ2v) is 12.7. The van der Waals surface area contributed by atoms with Crippen molar-refractivity contribution in [2.24, 2.45) is 7.54 Å². The van der Waals surface area contributed by atoms with Gasteiger partial charge >= 0.3 is 69.4 Å². The first kappa shape index (κ1) is 38.3. The Balaban J connectivity index is 0.00000506. The van der Waals surface area contributed by atoms with Crippen LogP contribution in [0.4, 0.5) is 8.78 Å². The molecular weight excluding hydrogens is 685 g/mol. The maximum atomic E-state index is 14.5. The summed E-state index contributed by atoms with van der Waals surface area (Å²) < 4.78 is 104. The van der Waals surface area contributed by atoms with Crippen molar-refractivity contribution in [3.8, 4) is 11.5 Å². The fraction of sp³-hybridized carbons (Fsp3) is 0. The van der Waals surface area contributed by atoms with Crippen molar-refractivity contribution in [2.45, 2.75) is 9.79 Å². The molecule has 224 valence electrons. The molecule has 0 radical (unpaired) electrons. The predicted octanol–water partition coefficient (Wildman–Crippen LogP) is 0.133. The van der Waals surface area contributed by atoms with Crippen molar-refractivity contribution < 1.29 is 110 Å². The second-order valence-electron chi connectivity index (χ2n) is 7.86. The van der Waals surface area contributed by atoms with Gasteiger partial charge in [-0.2, -0.15) is 4.21 Å². The number of carbonyl (C=O) groups is 1. The fourth-order valence-corrected chi connectivity index (χ4v) is 6.33. The minimum Gasteiger partial charge on any atom is -1.00 e. The van der Waals surface area contributed by atoms with Crippen LogP contribution < -0.4 is 68.2 Å². The van der Waals surface area contributed by atoms with E-state index in [1.165, 1.54) is 24.3 Å². The molecule has 0 saturated carbocycles. The van der Waals surface area contributed by atoms with Crippen LogP contribution in [0.15, 0.2) is 114 Å². The van der Waals surface area contributed by atoms with Crippen molar-refractivity contribution in [3.05, 3.63) is 120 Å². The van der Waals surface area contributed by atoms with Gasteiger partial charge in [-0.3, -0.25) is 9.35 Å². The van der Waals surface area contributed by atoms with E-state index in [-0.39, 0.29) is 101 Å². The molecule has 0 amide bonds. The summed E-state index contributed by atoms with van der Waals surface area (Å²) in [6, 6.07) is 20.5. The number of hydrogen-bond acceptors (Lipinski definition) is 11. The van der Waals surface area contributed by atoms with E-state index >= 15 is 0 Å². The molecule has 1 N–H and O–H groups in total. The van der Waals surface area contributed by atoms with Gasteiger partial charge in [-0.1, -0.05) is 36.4 Å². The van der Waals surface area contributed by atoms with E-state index in [4.69, 9.17) is 9.07 Å². The van der Waals surface area contributed by atoms with Crippen molar-refractivity contribution in [1.29, 1.82) is 0 Å². The molecule has 4 aromatic carbocycles. The standard InChI is InChI=1S/C25H17F2N2O9S4.2Na.2H/c26-21-13-11-17(15-23(21)39-28-42(34,35)38-36-19-7-3-1-4-8-19)25(30)18-12-14-22(27)24(16-18)41(32,33)29-40(31)37-20-9-5-2-6-10-20;;;;/h1-16H,(H,28,34,35);;;;/q-1;2*+1;2*-1. The smallest absolute Gasteiger partial charge is 1.00 e. The molecule has 1 atom stereocenters. The molecule has 1 unspecified atom stereocenters. The van der Waals surface area contributed by atoms with Crippen LogP contribution in [0.1, 0.15) is 18.8 Å². The zero-order valence-corrected chi connectivity index (χ0v) is 30.0. The number of sulfonamides is 1. The first-order valence-electron chi connectivity index (χ1n) is 11.3. The van der Waals surface area contributed by atoms with E-state index in [0.29, 0.717) is 12.1 Å². The molecular formula is C25H19F2N2Na2O9S4-. The van der Waals surface area contributed by atoms with Crippen molar-refractivity contribution in [2.75, 3.05) is 0 Å². The Labute approximate surface area is 305 Å². The van der Waals surface area contributed by atoms with Crippen LogP contribution in [-0.2, 0) is 39.7 Å². The molecule has 0 aliphatic heterocycles. The summed E-state index contributed by atoms with van der Waals surface area (Å²) in [5.74, 6) is -2.92. The molecule has 0 spiro atoms. The number of halogens is 2. The molecule has 0 aromatic heterocycles. The summed E-state index contributed by atoms with van der Waals surface area (Å²) >= 11 is 0.182. The number of carbonyl (C=O) groups excluding carboxylic acids is 1. The quantitative estimate of drug-likeness (QED) is 0.0569. The molecule has 0 bridgehead atoms. The van der Waals surface area contributed by atoms with E-state index in [9.17, 15) is 35.0 Å². The monoisotopic (exact) mass is 703 g/mol. The molecule has 44 heavy (non-hydrogen) atoms. The zero-order chi connectivity index (χ0) is 30.3. The molecule has 0 aliphatic rings. The van der Waals surface area contributed by atoms with Crippen molar-refractivity contribution in [1.82, 2.24) is 0 Å². The number of para-hydroxylation sites is 2. The van der Waals surface area contributed by atoms with Crippen molar-refractivity contribution >= 4 is 48.9 Å². The molecule has 4 rings (SSSR count). The van der Waals surface area contributed by atoms with E-state index in [1.54, 1.807) is 36.4 Å². The van der Waals surface area contributed by atoms with Gasteiger partial charge < -0.3 is 16.1 Å². The molecule has 4 aromatic rings. The van der Waals surface area contributed by atoms with Crippen LogP contribution >= 0.6 is 11.9 Å². The summed E-state index contributed by atoms with van der Waals surface area (Å²) in [6.07, 6.45) is 0. The van der Waals surface area contributed by atoms with Crippen LogP contribution in [0.2, 0.25) is 0 Å². The molecule has 19 heteroatoms. The van der Waals surface area contributed by atoms with E-state index in [2.05, 4.69) is 11.9 Å². The van der Waals surface area contributed by atoms with E-state index in [1.807, 2.05) is 0 Å². The Morgan fingerprint density at radius 1 is 0.818 bits per heavy atom. The third-order valence-electron chi connectivity index (χ3n) is 4.93. The minimum absolute atomic E-state index is 0. The predicted molar refractivity (Wildman–Crippen MR) is 150 cm³/mol. The Bertz CT molecular complexity index is 1950. The van der Waals surface area contributed by atoms with Crippen LogP contribution in [0, 0.1) is 11.6 Å². The van der Waals surface area contributed by atoms with Crippen LogP contribution in [-0.4, -0.2) is 23.0 Å². The largest absolute Gasteiger partial charge is 1.00 e. The SMILES string of the molecule is O=C(c1ccc(F)c(SN=S(=O)(O)OOc2ccccc2)c1)c1ccc(F)c(S(=O)(=O)N=[S-](=O)Oc2ccccc2)c1.[H-].[H-].[Na+].[Na+]. The fourth-order valence-electron chi connectivity index (χ4n) is 3.08. The zero-order valence-electron chi connectivity index (χ0n) is 24.7. The van der Waals surface area contributed by atoms with Crippen molar-refractivity contribution in [3.63, 3.8) is 0 Å². The third kappa shape index (κ3) is 10.9. The Morgan fingerprint density at radius 3 is 1.98 bits per heavy atom. The third-order valence-corrected chi connectivity index (χ3v) is 9.21. The first-order chi connectivity index (χ1) is 19.9. The van der Waals surface area contributed by atoms with Crippen LogP contribution in [0.25, 0.3) is 0 Å². The average Bonchev–Trinajstić information content (AvgIpc) is 2.96. The van der Waals surface area contributed by atoms with Gasteiger partial charge in [0.15, 0.2) is 11.5 Å². The van der Waals surface area contributed by atoms with E-state index < -0.39 is 53.5 Å². The van der Waals surface area contributed by atoms with Gasteiger partial charge in [0.25, 0.3) is 10.0 Å². The summed E-state index contributed by atoms with van der Waals surface area (Å²) in [5.41, 5.74) is -0.548. The van der Waals surface area contributed by atoms with Gasteiger partial charge in [0.2, 0.25) is 0 Å². The second kappa shape index (κ2) is 17.2. The number of benzene rings is 4. The number of nitrogens with zero attached hydrogens (tertiary/aromatic N) is 2. The molecule has 0 aliphatic carbocycles. The van der Waals surface area contributed by atoms with Gasteiger partial charge in [-0.15, -0.1) is 3.77 Å². The van der Waals surface area contributed by atoms with Gasteiger partial charge in [0, 0.05) is 34.0 Å². The number of rotatable bonds is 11. The molecule has 0 heterocycles. The first-order valence-corrected chi connectivity index (χ1v) is 15.9. The van der Waals surface area contributed by atoms with Gasteiger partial charge in [0.05, 0.1) is 4.90 Å². The van der Waals surface area contributed by atoms with Crippen LogP contribution in [0.5, 0.6) is 11.5 Å². The Hall–Kier alpha value is -1.87. The molecule has 11 nitrogen and oxygen atoms in total. The summed E-state index contributed by atoms with van der Waals surface area (Å²) in [7, 11) is -12.1. The maximum absolute atomic E-state index is 14.5. The number of ketones is 1. The molecule has 0 saturated heterocycles. The summed E-state index contributed by atoms with van der Waals surface area (Å²) in [4.78, 5) is 16.4. The van der Waals surface area contributed by atoms with Gasteiger partial charge in [0.1, 0.15) is 22.3 Å². The van der Waals surface area contributed by atoms with E-state index in [0.717, 1.165) is 24.3 Å². The normalized spacial score (nSPS) is 13.0. The van der Waals surface area contributed by atoms with Crippen LogP contribution in [0.3, 0.4) is 0 Å². The Morgan fingerprint density at radius 2 is 1.36 bits per heavy atom. The van der Waals surface area contributed by atoms with Gasteiger partial charge in [-0.25, -0.2) is 21.0 Å². The summed E-state index contributed by atoms with van der Waals surface area (Å²) in [6.45, 7) is 0. The summed E-state index contributed by atoms with van der Waals surface area (Å²) in [5, 5.41) is 0. The maximum Gasteiger partial charge on any atom is 1.00 e. The number of hydrogen-bond donors (Lipinski definition) is 1. The minimum atomic E-state index is -4.91.